The maximum atomic E-state index is 9.10. The van der Waals surface area contributed by atoms with Crippen molar-refractivity contribution in [1.29, 1.82) is 0 Å². The standard InChI is InChI=1S/C17H28ClNO.C2H2O4/c1-16(2,3)14-12-13(18)8-9-15(14)20-11-7-10-19-17(4,5)6;3-1(4)2(5)6/h8-9,12,19H,7,10-11H2,1-6H3;(H,3,4)(H,5,6). The summed E-state index contributed by atoms with van der Waals surface area (Å²) in [4.78, 5) is 18.2. The fourth-order valence-corrected chi connectivity index (χ4v) is 2.10. The Morgan fingerprint density at radius 3 is 2.04 bits per heavy atom. The molecule has 0 atom stereocenters. The van der Waals surface area contributed by atoms with Crippen molar-refractivity contribution >= 4 is 23.5 Å². The quantitative estimate of drug-likeness (QED) is 0.523. The highest BCUT2D eigenvalue weighted by molar-refractivity contribution is 6.30. The molecule has 1 aromatic rings. The van der Waals surface area contributed by atoms with E-state index < -0.39 is 11.9 Å². The molecule has 6 nitrogen and oxygen atoms in total. The topological polar surface area (TPSA) is 95.9 Å². The summed E-state index contributed by atoms with van der Waals surface area (Å²) in [6.45, 7) is 14.7. The van der Waals surface area contributed by atoms with Crippen molar-refractivity contribution in [2.45, 2.75) is 58.9 Å². The van der Waals surface area contributed by atoms with E-state index in [0.717, 1.165) is 29.3 Å². The van der Waals surface area contributed by atoms with Crippen LogP contribution in [0.25, 0.3) is 0 Å². The van der Waals surface area contributed by atoms with Crippen LogP contribution in [0.4, 0.5) is 0 Å². The summed E-state index contributed by atoms with van der Waals surface area (Å²) in [5, 5.41) is 19.0. The molecule has 148 valence electrons. The minimum Gasteiger partial charge on any atom is -0.493 e. The Labute approximate surface area is 160 Å². The molecule has 0 spiro atoms. The lowest BCUT2D eigenvalue weighted by molar-refractivity contribution is -0.159. The van der Waals surface area contributed by atoms with E-state index >= 15 is 0 Å². The Morgan fingerprint density at radius 2 is 1.62 bits per heavy atom. The summed E-state index contributed by atoms with van der Waals surface area (Å²) in [6.07, 6.45) is 0.990. The van der Waals surface area contributed by atoms with E-state index in [1.54, 1.807) is 0 Å². The van der Waals surface area contributed by atoms with Gasteiger partial charge in [0.05, 0.1) is 6.61 Å². The van der Waals surface area contributed by atoms with Crippen LogP contribution in [0.2, 0.25) is 5.02 Å². The van der Waals surface area contributed by atoms with Gasteiger partial charge in [0.25, 0.3) is 0 Å². The second kappa shape index (κ2) is 10.4. The van der Waals surface area contributed by atoms with E-state index in [0.29, 0.717) is 6.61 Å². The molecule has 0 aliphatic rings. The molecule has 0 saturated carbocycles. The molecule has 7 heteroatoms. The van der Waals surface area contributed by atoms with E-state index in [-0.39, 0.29) is 11.0 Å². The van der Waals surface area contributed by atoms with Gasteiger partial charge in [-0.1, -0.05) is 32.4 Å². The molecule has 0 aliphatic carbocycles. The molecule has 0 aromatic heterocycles. The number of carbonyl (C=O) groups is 2. The van der Waals surface area contributed by atoms with Gasteiger partial charge in [-0.2, -0.15) is 0 Å². The molecule has 0 heterocycles. The highest BCUT2D eigenvalue weighted by Crippen LogP contribution is 2.33. The number of benzene rings is 1. The molecule has 3 N–H and O–H groups in total. The number of hydrogen-bond donors (Lipinski definition) is 3. The van der Waals surface area contributed by atoms with E-state index in [2.05, 4.69) is 46.9 Å². The zero-order valence-electron chi connectivity index (χ0n) is 16.4. The molecule has 0 amide bonds. The van der Waals surface area contributed by atoms with Crippen LogP contribution in [0, 0.1) is 0 Å². The SMILES string of the molecule is CC(C)(C)NCCCOc1ccc(Cl)cc1C(C)(C)C.O=C(O)C(=O)O. The third kappa shape index (κ3) is 10.9. The van der Waals surface area contributed by atoms with Crippen molar-refractivity contribution in [3.8, 4) is 5.75 Å². The molecule has 0 bridgehead atoms. The first-order chi connectivity index (χ1) is 11.7. The Hall–Kier alpha value is -1.79. The first-order valence-electron chi connectivity index (χ1n) is 8.38. The number of carboxylic acid groups (broad SMARTS) is 2. The Kier molecular flexibility index (Phi) is 9.67. The van der Waals surface area contributed by atoms with Gasteiger partial charge in [0.15, 0.2) is 0 Å². The van der Waals surface area contributed by atoms with Crippen LogP contribution >= 0.6 is 11.6 Å². The Bertz CT molecular complexity index is 591. The second-order valence-corrected chi connectivity index (χ2v) is 8.32. The minimum atomic E-state index is -1.82. The number of ether oxygens (including phenoxy) is 1. The van der Waals surface area contributed by atoms with Gasteiger partial charge in [-0.25, -0.2) is 9.59 Å². The van der Waals surface area contributed by atoms with E-state index in [1.165, 1.54) is 0 Å². The molecule has 0 aliphatic heterocycles. The van der Waals surface area contributed by atoms with Crippen molar-refractivity contribution < 1.29 is 24.5 Å². The molecule has 26 heavy (non-hydrogen) atoms. The predicted octanol–water partition coefficient (Wildman–Crippen LogP) is 3.95. The van der Waals surface area contributed by atoms with Crippen molar-refractivity contribution in [3.63, 3.8) is 0 Å². The molecule has 0 radical (unpaired) electrons. The maximum Gasteiger partial charge on any atom is 0.414 e. The lowest BCUT2D eigenvalue weighted by Gasteiger charge is -2.24. The van der Waals surface area contributed by atoms with Crippen LogP contribution in [0.15, 0.2) is 18.2 Å². The molecule has 0 saturated heterocycles. The van der Waals surface area contributed by atoms with E-state index in [4.69, 9.17) is 36.1 Å². The molecule has 0 fully saturated rings. The summed E-state index contributed by atoms with van der Waals surface area (Å²) in [7, 11) is 0. The summed E-state index contributed by atoms with van der Waals surface area (Å²) >= 11 is 6.09. The summed E-state index contributed by atoms with van der Waals surface area (Å²) < 4.78 is 5.93. The van der Waals surface area contributed by atoms with Crippen molar-refractivity contribution in [1.82, 2.24) is 5.32 Å². The monoisotopic (exact) mass is 387 g/mol. The lowest BCUT2D eigenvalue weighted by atomic mass is 9.86. The van der Waals surface area contributed by atoms with Crippen molar-refractivity contribution in [2.24, 2.45) is 0 Å². The molecule has 0 unspecified atom stereocenters. The van der Waals surface area contributed by atoms with Gasteiger partial charge in [-0.05, 0) is 57.4 Å². The lowest BCUT2D eigenvalue weighted by Crippen LogP contribution is -2.36. The van der Waals surface area contributed by atoms with E-state index in [1.807, 2.05) is 18.2 Å². The van der Waals surface area contributed by atoms with Crippen LogP contribution in [0.3, 0.4) is 0 Å². The third-order valence-corrected chi connectivity index (χ3v) is 3.40. The largest absolute Gasteiger partial charge is 0.493 e. The number of carboxylic acids is 2. The molecule has 1 rings (SSSR count). The number of halogens is 1. The highest BCUT2D eigenvalue weighted by Gasteiger charge is 2.19. The minimum absolute atomic E-state index is 0.0316. The van der Waals surface area contributed by atoms with Gasteiger partial charge in [-0.3, -0.25) is 0 Å². The van der Waals surface area contributed by atoms with Gasteiger partial charge < -0.3 is 20.3 Å². The summed E-state index contributed by atoms with van der Waals surface area (Å²) in [6, 6.07) is 5.87. The van der Waals surface area contributed by atoms with Crippen LogP contribution in [-0.4, -0.2) is 40.8 Å². The predicted molar refractivity (Wildman–Crippen MR) is 103 cm³/mol. The van der Waals surface area contributed by atoms with Crippen LogP contribution in [-0.2, 0) is 15.0 Å². The zero-order chi connectivity index (χ0) is 20.5. The van der Waals surface area contributed by atoms with Gasteiger partial charge in [0.1, 0.15) is 5.75 Å². The molecular formula is C19H30ClNO5. The third-order valence-electron chi connectivity index (χ3n) is 3.17. The fraction of sp³-hybridized carbons (Fsp3) is 0.579. The second-order valence-electron chi connectivity index (χ2n) is 7.88. The first kappa shape index (κ1) is 24.2. The van der Waals surface area contributed by atoms with Crippen LogP contribution < -0.4 is 10.1 Å². The normalized spacial score (nSPS) is 11.3. The highest BCUT2D eigenvalue weighted by atomic mass is 35.5. The van der Waals surface area contributed by atoms with Gasteiger partial charge in [0.2, 0.25) is 0 Å². The number of hydrogen-bond acceptors (Lipinski definition) is 4. The summed E-state index contributed by atoms with van der Waals surface area (Å²) in [5.74, 6) is -2.71. The average molecular weight is 388 g/mol. The number of rotatable bonds is 5. The van der Waals surface area contributed by atoms with Crippen LogP contribution in [0.5, 0.6) is 5.75 Å². The van der Waals surface area contributed by atoms with Crippen molar-refractivity contribution in [2.75, 3.05) is 13.2 Å². The Balaban J connectivity index is 0.000000896. The van der Waals surface area contributed by atoms with Crippen LogP contribution in [0.1, 0.15) is 53.5 Å². The van der Waals surface area contributed by atoms with Gasteiger partial charge >= 0.3 is 11.9 Å². The first-order valence-corrected chi connectivity index (χ1v) is 8.76. The Morgan fingerprint density at radius 1 is 1.08 bits per heavy atom. The maximum absolute atomic E-state index is 9.10. The van der Waals surface area contributed by atoms with E-state index in [9.17, 15) is 0 Å². The molecular weight excluding hydrogens is 358 g/mol. The van der Waals surface area contributed by atoms with Crippen molar-refractivity contribution in [3.05, 3.63) is 28.8 Å². The number of aliphatic carboxylic acids is 2. The smallest absolute Gasteiger partial charge is 0.414 e. The molecule has 1 aromatic carbocycles. The van der Waals surface area contributed by atoms with Gasteiger partial charge in [-0.15, -0.1) is 0 Å². The number of nitrogens with one attached hydrogen (secondary N) is 1. The van der Waals surface area contributed by atoms with Gasteiger partial charge in [0, 0.05) is 16.1 Å². The fourth-order valence-electron chi connectivity index (χ4n) is 1.93. The summed E-state index contributed by atoms with van der Waals surface area (Å²) in [5.41, 5.74) is 1.36. The average Bonchev–Trinajstić information content (AvgIpc) is 2.46. The zero-order valence-corrected chi connectivity index (χ0v) is 17.1.